The van der Waals surface area contributed by atoms with Gasteiger partial charge in [0.2, 0.25) is 5.88 Å². The van der Waals surface area contributed by atoms with E-state index in [-0.39, 0.29) is 18.2 Å². The molecule has 1 aromatic carbocycles. The van der Waals surface area contributed by atoms with E-state index >= 15 is 0 Å². The first-order chi connectivity index (χ1) is 14.0. The van der Waals surface area contributed by atoms with Gasteiger partial charge in [0.05, 0.1) is 5.56 Å². The number of anilines is 1. The lowest BCUT2D eigenvalue weighted by molar-refractivity contribution is 0.291. The van der Waals surface area contributed by atoms with Crippen molar-refractivity contribution in [3.8, 4) is 23.4 Å². The molecular weight excluding hydrogens is 370 g/mol. The summed E-state index contributed by atoms with van der Waals surface area (Å²) in [6.07, 6.45) is 1.66. The second kappa shape index (κ2) is 7.64. The Morgan fingerprint density at radius 3 is 2.86 bits per heavy atom. The number of aromatic nitrogens is 3. The fourth-order valence-corrected chi connectivity index (χ4v) is 3.15. The van der Waals surface area contributed by atoms with E-state index in [1.54, 1.807) is 41.1 Å². The van der Waals surface area contributed by atoms with Crippen LogP contribution >= 0.6 is 0 Å². The Hall–Kier alpha value is -3.86. The number of likely N-dealkylation sites (N-methyl/N-ethyl adjacent to an activating group) is 1. The summed E-state index contributed by atoms with van der Waals surface area (Å²) in [4.78, 5) is 22.2. The van der Waals surface area contributed by atoms with E-state index in [1.807, 2.05) is 24.9 Å². The summed E-state index contributed by atoms with van der Waals surface area (Å²) in [5.41, 5.74) is 1.67. The Labute approximate surface area is 167 Å². The van der Waals surface area contributed by atoms with Crippen molar-refractivity contribution >= 4 is 5.82 Å². The normalized spacial score (nSPS) is 12.4. The number of rotatable bonds is 5. The van der Waals surface area contributed by atoms with Gasteiger partial charge in [-0.15, -0.1) is 0 Å². The molecule has 0 atom stereocenters. The van der Waals surface area contributed by atoms with Crippen LogP contribution in [0.15, 0.2) is 47.4 Å². The van der Waals surface area contributed by atoms with Gasteiger partial charge < -0.3 is 14.4 Å². The highest BCUT2D eigenvalue weighted by atomic mass is 16.5. The third-order valence-corrected chi connectivity index (χ3v) is 4.66. The highest BCUT2D eigenvalue weighted by Gasteiger charge is 2.19. The predicted molar refractivity (Wildman–Crippen MR) is 106 cm³/mol. The van der Waals surface area contributed by atoms with E-state index in [4.69, 9.17) is 9.47 Å². The maximum atomic E-state index is 12.1. The largest absolute Gasteiger partial charge is 0.473 e. The Balaban J connectivity index is 1.50. The van der Waals surface area contributed by atoms with E-state index < -0.39 is 0 Å². The lowest BCUT2D eigenvalue weighted by atomic mass is 10.1. The molecule has 3 heterocycles. The van der Waals surface area contributed by atoms with E-state index in [0.29, 0.717) is 23.6 Å². The molecule has 146 valence electrons. The summed E-state index contributed by atoms with van der Waals surface area (Å²) in [7, 11) is 1.92. The Morgan fingerprint density at radius 2 is 2.07 bits per heavy atom. The quantitative estimate of drug-likeness (QED) is 0.662. The molecule has 0 N–H and O–H groups in total. The number of benzene rings is 1. The van der Waals surface area contributed by atoms with Crippen LogP contribution < -0.4 is 20.1 Å². The average Bonchev–Trinajstić information content (AvgIpc) is 3.08. The van der Waals surface area contributed by atoms with Crippen LogP contribution in [0, 0.1) is 18.3 Å². The van der Waals surface area contributed by atoms with Crippen molar-refractivity contribution in [3.63, 3.8) is 0 Å². The van der Waals surface area contributed by atoms with Crippen LogP contribution in [0.2, 0.25) is 0 Å². The maximum Gasteiger partial charge on any atom is 0.352 e. The lowest BCUT2D eigenvalue weighted by Gasteiger charge is -2.13. The molecule has 8 nitrogen and oxygen atoms in total. The number of nitrogens with zero attached hydrogens (tertiary/aromatic N) is 5. The minimum atomic E-state index is -0.323. The summed E-state index contributed by atoms with van der Waals surface area (Å²) >= 11 is 0. The highest BCUT2D eigenvalue weighted by molar-refractivity contribution is 5.48. The van der Waals surface area contributed by atoms with Crippen LogP contribution in [0.1, 0.15) is 16.8 Å². The smallest absolute Gasteiger partial charge is 0.352 e. The van der Waals surface area contributed by atoms with Crippen molar-refractivity contribution in [3.05, 3.63) is 69.9 Å². The number of hydrogen-bond donors (Lipinski definition) is 0. The van der Waals surface area contributed by atoms with Crippen molar-refractivity contribution in [2.45, 2.75) is 20.1 Å². The average molecular weight is 389 g/mol. The summed E-state index contributed by atoms with van der Waals surface area (Å²) in [5, 5.41) is 9.49. The van der Waals surface area contributed by atoms with Crippen LogP contribution in [-0.2, 0) is 13.2 Å². The number of fused-ring (bicyclic) bond motifs is 1. The third kappa shape index (κ3) is 3.89. The van der Waals surface area contributed by atoms with Crippen LogP contribution in [0.25, 0.3) is 0 Å². The van der Waals surface area contributed by atoms with Gasteiger partial charge in [0.15, 0.2) is 0 Å². The number of hydrogen-bond acceptors (Lipinski definition) is 7. The summed E-state index contributed by atoms with van der Waals surface area (Å²) in [6.45, 7) is 3.45. The van der Waals surface area contributed by atoms with Crippen LogP contribution in [0.5, 0.6) is 17.4 Å². The molecule has 0 amide bonds. The SMILES string of the molecule is Cc1cc(Oc2ccc(COc3cc4n(c(=O)n3)CCN4C)cc2C#N)ccn1. The molecule has 0 fully saturated rings. The van der Waals surface area contributed by atoms with Gasteiger partial charge in [0.1, 0.15) is 30.0 Å². The molecular formula is C21H19N5O3. The molecule has 0 radical (unpaired) electrons. The molecule has 29 heavy (non-hydrogen) atoms. The van der Waals surface area contributed by atoms with Crippen molar-refractivity contribution < 1.29 is 9.47 Å². The van der Waals surface area contributed by atoms with Crippen molar-refractivity contribution in [1.82, 2.24) is 14.5 Å². The maximum absolute atomic E-state index is 12.1. The topological polar surface area (TPSA) is 93.3 Å². The molecule has 0 unspecified atom stereocenters. The minimum absolute atomic E-state index is 0.183. The molecule has 4 rings (SSSR count). The van der Waals surface area contributed by atoms with Crippen LogP contribution in [0.4, 0.5) is 5.82 Å². The first-order valence-electron chi connectivity index (χ1n) is 9.13. The standard InChI is InChI=1S/C21H19N5O3/c1-14-9-17(5-6-23-14)29-18-4-3-15(10-16(18)12-22)13-28-19-11-20-25(2)7-8-26(20)21(27)24-19/h3-6,9-11H,7-8,13H2,1-2H3. The molecule has 0 spiro atoms. The lowest BCUT2D eigenvalue weighted by Crippen LogP contribution is -2.22. The minimum Gasteiger partial charge on any atom is -0.473 e. The van der Waals surface area contributed by atoms with Crippen LogP contribution in [-0.4, -0.2) is 28.1 Å². The molecule has 0 saturated carbocycles. The Kier molecular flexibility index (Phi) is 4.87. The monoisotopic (exact) mass is 389 g/mol. The first kappa shape index (κ1) is 18.5. The van der Waals surface area contributed by atoms with Crippen molar-refractivity contribution in [2.24, 2.45) is 0 Å². The zero-order valence-corrected chi connectivity index (χ0v) is 16.1. The highest BCUT2D eigenvalue weighted by Crippen LogP contribution is 2.27. The molecule has 3 aromatic rings. The number of pyridine rings is 1. The van der Waals surface area contributed by atoms with E-state index in [1.165, 1.54) is 0 Å². The Morgan fingerprint density at radius 1 is 1.21 bits per heavy atom. The van der Waals surface area contributed by atoms with Crippen molar-refractivity contribution in [1.29, 1.82) is 5.26 Å². The van der Waals surface area contributed by atoms with Gasteiger partial charge in [0.25, 0.3) is 0 Å². The van der Waals surface area contributed by atoms with E-state index in [9.17, 15) is 10.1 Å². The van der Waals surface area contributed by atoms with Gasteiger partial charge in [-0.1, -0.05) is 6.07 Å². The summed E-state index contributed by atoms with van der Waals surface area (Å²) < 4.78 is 13.1. The molecule has 8 heteroatoms. The fraction of sp³-hybridized carbons (Fsp3) is 0.238. The Bertz CT molecular complexity index is 1170. The molecule has 2 aromatic heterocycles. The van der Waals surface area contributed by atoms with E-state index in [0.717, 1.165) is 23.6 Å². The van der Waals surface area contributed by atoms with Gasteiger partial charge >= 0.3 is 5.69 Å². The van der Waals surface area contributed by atoms with Crippen molar-refractivity contribution in [2.75, 3.05) is 18.5 Å². The zero-order chi connectivity index (χ0) is 20.4. The molecule has 0 aliphatic carbocycles. The molecule has 1 aliphatic heterocycles. The van der Waals surface area contributed by atoms with Gasteiger partial charge in [-0.05, 0) is 30.7 Å². The molecule has 1 aliphatic rings. The zero-order valence-electron chi connectivity index (χ0n) is 16.1. The second-order valence-electron chi connectivity index (χ2n) is 6.77. The number of nitriles is 1. The van der Waals surface area contributed by atoms with Crippen LogP contribution in [0.3, 0.4) is 0 Å². The first-order valence-corrected chi connectivity index (χ1v) is 9.13. The number of ether oxygens (including phenoxy) is 2. The second-order valence-corrected chi connectivity index (χ2v) is 6.77. The van der Waals surface area contributed by atoms with Gasteiger partial charge in [0, 0.05) is 44.2 Å². The molecule has 0 bridgehead atoms. The predicted octanol–water partition coefficient (Wildman–Crippen LogP) is 2.64. The summed E-state index contributed by atoms with van der Waals surface area (Å²) in [5.74, 6) is 2.12. The van der Waals surface area contributed by atoms with Gasteiger partial charge in [-0.2, -0.15) is 10.2 Å². The third-order valence-electron chi connectivity index (χ3n) is 4.66. The van der Waals surface area contributed by atoms with Gasteiger partial charge in [-0.3, -0.25) is 9.55 Å². The fourth-order valence-electron chi connectivity index (χ4n) is 3.15. The summed E-state index contributed by atoms with van der Waals surface area (Å²) in [6, 6.07) is 12.7. The molecule has 0 saturated heterocycles. The van der Waals surface area contributed by atoms with E-state index in [2.05, 4.69) is 16.0 Å². The number of aryl methyl sites for hydroxylation is 1. The van der Waals surface area contributed by atoms with Gasteiger partial charge in [-0.25, -0.2) is 4.79 Å².